The summed E-state index contributed by atoms with van der Waals surface area (Å²) in [5.41, 5.74) is 2.03. The number of hydrogen-bond donors (Lipinski definition) is 3. The number of oxime groups is 2. The molecule has 0 aromatic heterocycles. The van der Waals surface area contributed by atoms with Crippen molar-refractivity contribution in [2.45, 2.75) is 20.3 Å². The van der Waals surface area contributed by atoms with E-state index in [0.717, 1.165) is 5.56 Å². The third kappa shape index (κ3) is 2.73. The third-order valence-electron chi connectivity index (χ3n) is 2.18. The fraction of sp³-hybridized carbons (Fsp3) is 0.273. The number of aryl methyl sites for hydroxylation is 1. The Kier molecular flexibility index (Phi) is 3.88. The topological polar surface area (TPSA) is 85.4 Å². The van der Waals surface area contributed by atoms with Crippen molar-refractivity contribution in [2.24, 2.45) is 10.3 Å². The Balaban J connectivity index is 3.10. The number of phenols is 1. The van der Waals surface area contributed by atoms with Crippen LogP contribution in [0.2, 0.25) is 0 Å². The van der Waals surface area contributed by atoms with E-state index in [1.165, 1.54) is 6.07 Å². The van der Waals surface area contributed by atoms with Gasteiger partial charge in [-0.15, -0.1) is 0 Å². The van der Waals surface area contributed by atoms with Gasteiger partial charge in [-0.1, -0.05) is 21.9 Å². The molecule has 5 nitrogen and oxygen atoms in total. The van der Waals surface area contributed by atoms with E-state index in [2.05, 4.69) is 10.3 Å². The highest BCUT2D eigenvalue weighted by Gasteiger charge is 2.11. The molecule has 5 heteroatoms. The van der Waals surface area contributed by atoms with E-state index in [9.17, 15) is 5.11 Å². The van der Waals surface area contributed by atoms with Crippen LogP contribution in [0.1, 0.15) is 24.5 Å². The lowest BCUT2D eigenvalue weighted by Crippen LogP contribution is -2.07. The zero-order valence-electron chi connectivity index (χ0n) is 9.18. The van der Waals surface area contributed by atoms with E-state index in [1.807, 2.05) is 6.92 Å². The van der Waals surface area contributed by atoms with Gasteiger partial charge in [0.25, 0.3) is 0 Å². The van der Waals surface area contributed by atoms with Crippen molar-refractivity contribution in [3.05, 3.63) is 29.3 Å². The molecule has 0 spiro atoms. The van der Waals surface area contributed by atoms with Gasteiger partial charge in [-0.05, 0) is 26.0 Å². The molecule has 0 bridgehead atoms. The molecule has 86 valence electrons. The van der Waals surface area contributed by atoms with Crippen LogP contribution in [0.25, 0.3) is 0 Å². The van der Waals surface area contributed by atoms with Crippen LogP contribution in [0, 0.1) is 6.92 Å². The number of nitrogens with zero attached hydrogens (tertiary/aromatic N) is 2. The summed E-state index contributed by atoms with van der Waals surface area (Å²) in [6.07, 6.45) is 0.171. The molecule has 3 N–H and O–H groups in total. The van der Waals surface area contributed by atoms with Crippen molar-refractivity contribution in [2.75, 3.05) is 0 Å². The molecular formula is C11H14N2O3. The Hall–Kier alpha value is -2.04. The molecule has 1 aromatic rings. The average Bonchev–Trinajstić information content (AvgIpc) is 2.29. The van der Waals surface area contributed by atoms with Gasteiger partial charge in [0.2, 0.25) is 0 Å². The molecule has 0 radical (unpaired) electrons. The van der Waals surface area contributed by atoms with E-state index < -0.39 is 0 Å². The summed E-state index contributed by atoms with van der Waals surface area (Å²) in [6.45, 7) is 3.46. The fourth-order valence-electron chi connectivity index (χ4n) is 1.34. The highest BCUT2D eigenvalue weighted by molar-refractivity contribution is 6.12. The van der Waals surface area contributed by atoms with Crippen molar-refractivity contribution < 1.29 is 15.5 Å². The first-order valence-electron chi connectivity index (χ1n) is 4.77. The Labute approximate surface area is 93.3 Å². The van der Waals surface area contributed by atoms with Crippen molar-refractivity contribution >= 4 is 11.4 Å². The van der Waals surface area contributed by atoms with Crippen LogP contribution in [-0.4, -0.2) is 26.9 Å². The Morgan fingerprint density at radius 1 is 1.25 bits per heavy atom. The number of rotatable bonds is 3. The van der Waals surface area contributed by atoms with Gasteiger partial charge in [0.15, 0.2) is 0 Å². The molecule has 0 heterocycles. The summed E-state index contributed by atoms with van der Waals surface area (Å²) in [4.78, 5) is 0. The number of benzene rings is 1. The molecule has 0 aliphatic rings. The molecule has 0 saturated carbocycles. The SMILES string of the molecule is CC(CC(=NO)c1cc(C)ccc1O)=NO. The third-order valence-corrected chi connectivity index (χ3v) is 2.18. The minimum Gasteiger partial charge on any atom is -0.507 e. The first kappa shape index (κ1) is 12.0. The summed E-state index contributed by atoms with van der Waals surface area (Å²) in [6, 6.07) is 4.98. The van der Waals surface area contributed by atoms with E-state index in [1.54, 1.807) is 19.1 Å². The predicted molar refractivity (Wildman–Crippen MR) is 60.7 cm³/mol. The van der Waals surface area contributed by atoms with Gasteiger partial charge in [-0.3, -0.25) is 0 Å². The first-order chi connectivity index (χ1) is 7.58. The van der Waals surface area contributed by atoms with Gasteiger partial charge in [-0.2, -0.15) is 0 Å². The molecule has 0 aliphatic heterocycles. The van der Waals surface area contributed by atoms with E-state index in [-0.39, 0.29) is 17.9 Å². The smallest absolute Gasteiger partial charge is 0.124 e. The molecule has 0 atom stereocenters. The molecule has 0 fully saturated rings. The number of phenolic OH excluding ortho intramolecular Hbond substituents is 1. The summed E-state index contributed by atoms with van der Waals surface area (Å²) in [5, 5.41) is 33.2. The average molecular weight is 222 g/mol. The van der Waals surface area contributed by atoms with Crippen LogP contribution in [0.15, 0.2) is 28.5 Å². The van der Waals surface area contributed by atoms with Gasteiger partial charge in [-0.25, -0.2) is 0 Å². The minimum atomic E-state index is 0.0316. The van der Waals surface area contributed by atoms with Gasteiger partial charge < -0.3 is 15.5 Å². The second-order valence-corrected chi connectivity index (χ2v) is 3.58. The largest absolute Gasteiger partial charge is 0.507 e. The Bertz CT molecular complexity index is 439. The van der Waals surface area contributed by atoms with Gasteiger partial charge in [0.05, 0.1) is 11.4 Å². The van der Waals surface area contributed by atoms with Gasteiger partial charge in [0, 0.05) is 12.0 Å². The Morgan fingerprint density at radius 2 is 1.94 bits per heavy atom. The highest BCUT2D eigenvalue weighted by atomic mass is 16.4. The maximum absolute atomic E-state index is 9.63. The van der Waals surface area contributed by atoms with E-state index in [4.69, 9.17) is 10.4 Å². The van der Waals surface area contributed by atoms with Crippen LogP contribution in [0.5, 0.6) is 5.75 Å². The normalized spacial score (nSPS) is 12.9. The number of aromatic hydroxyl groups is 1. The molecule has 1 aromatic carbocycles. The van der Waals surface area contributed by atoms with E-state index >= 15 is 0 Å². The van der Waals surface area contributed by atoms with E-state index in [0.29, 0.717) is 11.3 Å². The van der Waals surface area contributed by atoms with Crippen LogP contribution in [0.4, 0.5) is 0 Å². The maximum Gasteiger partial charge on any atom is 0.124 e. The highest BCUT2D eigenvalue weighted by Crippen LogP contribution is 2.20. The zero-order valence-corrected chi connectivity index (χ0v) is 9.18. The first-order valence-corrected chi connectivity index (χ1v) is 4.77. The maximum atomic E-state index is 9.63. The second kappa shape index (κ2) is 5.16. The molecule has 0 saturated heterocycles. The van der Waals surface area contributed by atoms with Crippen LogP contribution < -0.4 is 0 Å². The standard InChI is InChI=1S/C11H14N2O3/c1-7-3-4-11(14)9(5-7)10(13-16)6-8(2)12-15/h3-5,14-16H,6H2,1-2H3. The van der Waals surface area contributed by atoms with Crippen LogP contribution in [-0.2, 0) is 0 Å². The number of hydrogen-bond acceptors (Lipinski definition) is 5. The van der Waals surface area contributed by atoms with Crippen LogP contribution >= 0.6 is 0 Å². The predicted octanol–water partition coefficient (Wildman–Crippen LogP) is 2.12. The summed E-state index contributed by atoms with van der Waals surface area (Å²) in [7, 11) is 0. The minimum absolute atomic E-state index is 0.0316. The molecule has 16 heavy (non-hydrogen) atoms. The van der Waals surface area contributed by atoms with Crippen molar-refractivity contribution in [3.8, 4) is 5.75 Å². The molecule has 0 amide bonds. The van der Waals surface area contributed by atoms with Crippen molar-refractivity contribution in [1.29, 1.82) is 0 Å². The summed E-state index contributed by atoms with van der Waals surface area (Å²) < 4.78 is 0. The lowest BCUT2D eigenvalue weighted by molar-refractivity contribution is 0.315. The fourth-order valence-corrected chi connectivity index (χ4v) is 1.34. The van der Waals surface area contributed by atoms with Crippen LogP contribution in [0.3, 0.4) is 0 Å². The summed E-state index contributed by atoms with van der Waals surface area (Å²) in [5.74, 6) is 0.0316. The monoisotopic (exact) mass is 222 g/mol. The Morgan fingerprint density at radius 3 is 2.50 bits per heavy atom. The summed E-state index contributed by atoms with van der Waals surface area (Å²) >= 11 is 0. The van der Waals surface area contributed by atoms with Gasteiger partial charge >= 0.3 is 0 Å². The quantitative estimate of drug-likeness (QED) is 0.416. The molecule has 0 aliphatic carbocycles. The zero-order chi connectivity index (χ0) is 12.1. The lowest BCUT2D eigenvalue weighted by atomic mass is 10.0. The lowest BCUT2D eigenvalue weighted by Gasteiger charge is -2.07. The van der Waals surface area contributed by atoms with Crippen molar-refractivity contribution in [3.63, 3.8) is 0 Å². The molecule has 0 unspecified atom stereocenters. The second-order valence-electron chi connectivity index (χ2n) is 3.58. The molecule has 1 rings (SSSR count). The van der Waals surface area contributed by atoms with Gasteiger partial charge in [0.1, 0.15) is 5.75 Å². The molecular weight excluding hydrogens is 208 g/mol. The van der Waals surface area contributed by atoms with Crippen molar-refractivity contribution in [1.82, 2.24) is 0 Å².